The molecule has 2 heterocycles. The molecule has 7 nitrogen and oxygen atoms in total. The SMILES string of the molecule is CC(C)(CCC(=O)O)NC(=O)c1ccc(-n2ccnc2)nc1. The molecule has 2 aromatic rings. The van der Waals surface area contributed by atoms with Crippen LogP contribution in [0.3, 0.4) is 0 Å². The maximum Gasteiger partial charge on any atom is 0.303 e. The number of hydrogen-bond acceptors (Lipinski definition) is 4. The number of imidazole rings is 1. The van der Waals surface area contributed by atoms with Crippen molar-refractivity contribution >= 4 is 11.9 Å². The minimum atomic E-state index is -0.881. The highest BCUT2D eigenvalue weighted by Gasteiger charge is 2.22. The molecule has 0 unspecified atom stereocenters. The summed E-state index contributed by atoms with van der Waals surface area (Å²) in [7, 11) is 0. The Hall–Kier alpha value is -2.70. The summed E-state index contributed by atoms with van der Waals surface area (Å²) in [6, 6.07) is 3.39. The van der Waals surface area contributed by atoms with Crippen molar-refractivity contribution in [2.45, 2.75) is 32.2 Å². The second kappa shape index (κ2) is 6.38. The molecule has 22 heavy (non-hydrogen) atoms. The molecule has 0 radical (unpaired) electrons. The number of carboxylic acid groups (broad SMARTS) is 1. The summed E-state index contributed by atoms with van der Waals surface area (Å²) in [6.45, 7) is 3.59. The van der Waals surface area contributed by atoms with E-state index in [0.29, 0.717) is 17.8 Å². The summed E-state index contributed by atoms with van der Waals surface area (Å²) in [5, 5.41) is 11.5. The standard InChI is InChI=1S/C15H18N4O3/c1-15(2,6-5-13(20)21)18-14(22)11-3-4-12(17-9-11)19-8-7-16-10-19/h3-4,7-10H,5-6H2,1-2H3,(H,18,22)(H,20,21). The zero-order valence-corrected chi connectivity index (χ0v) is 12.5. The van der Waals surface area contributed by atoms with E-state index < -0.39 is 11.5 Å². The molecule has 0 fully saturated rings. The third kappa shape index (κ3) is 4.15. The predicted molar refractivity (Wildman–Crippen MR) is 79.8 cm³/mol. The first-order valence-corrected chi connectivity index (χ1v) is 6.86. The molecule has 0 aliphatic rings. The van der Waals surface area contributed by atoms with Crippen LogP contribution in [-0.4, -0.2) is 37.1 Å². The summed E-state index contributed by atoms with van der Waals surface area (Å²) in [4.78, 5) is 31.0. The predicted octanol–water partition coefficient (Wildman–Crippen LogP) is 1.64. The molecule has 0 spiro atoms. The van der Waals surface area contributed by atoms with Gasteiger partial charge in [0.2, 0.25) is 0 Å². The molecule has 0 aliphatic carbocycles. The number of aromatic nitrogens is 3. The van der Waals surface area contributed by atoms with Gasteiger partial charge in [-0.15, -0.1) is 0 Å². The number of aliphatic carboxylic acids is 1. The van der Waals surface area contributed by atoms with E-state index >= 15 is 0 Å². The largest absolute Gasteiger partial charge is 0.481 e. The van der Waals surface area contributed by atoms with Crippen LogP contribution in [0, 0.1) is 0 Å². The molecule has 0 aliphatic heterocycles. The van der Waals surface area contributed by atoms with Crippen LogP contribution in [0.4, 0.5) is 0 Å². The lowest BCUT2D eigenvalue weighted by Crippen LogP contribution is -2.43. The molecule has 1 amide bonds. The van der Waals surface area contributed by atoms with Gasteiger partial charge in [-0.25, -0.2) is 9.97 Å². The Balaban J connectivity index is 2.02. The van der Waals surface area contributed by atoms with Crippen LogP contribution in [0.2, 0.25) is 0 Å². The Morgan fingerprint density at radius 1 is 1.36 bits per heavy atom. The van der Waals surface area contributed by atoms with Crippen molar-refractivity contribution in [2.75, 3.05) is 0 Å². The van der Waals surface area contributed by atoms with Gasteiger partial charge in [-0.3, -0.25) is 14.2 Å². The number of pyridine rings is 1. The van der Waals surface area contributed by atoms with Crippen molar-refractivity contribution < 1.29 is 14.7 Å². The topological polar surface area (TPSA) is 97.1 Å². The fraction of sp³-hybridized carbons (Fsp3) is 0.333. The van der Waals surface area contributed by atoms with Gasteiger partial charge in [-0.1, -0.05) is 0 Å². The molecule has 0 saturated carbocycles. The van der Waals surface area contributed by atoms with E-state index in [1.807, 2.05) is 0 Å². The van der Waals surface area contributed by atoms with E-state index in [4.69, 9.17) is 5.11 Å². The van der Waals surface area contributed by atoms with Crippen molar-refractivity contribution in [1.29, 1.82) is 0 Å². The zero-order valence-electron chi connectivity index (χ0n) is 12.5. The third-order valence-electron chi connectivity index (χ3n) is 3.19. The minimum absolute atomic E-state index is 0.00506. The van der Waals surface area contributed by atoms with Crippen molar-refractivity contribution in [1.82, 2.24) is 19.9 Å². The monoisotopic (exact) mass is 302 g/mol. The molecular formula is C15H18N4O3. The molecule has 2 aromatic heterocycles. The molecule has 0 bridgehead atoms. The number of amides is 1. The zero-order chi connectivity index (χ0) is 16.2. The smallest absolute Gasteiger partial charge is 0.303 e. The van der Waals surface area contributed by atoms with Gasteiger partial charge in [0.15, 0.2) is 0 Å². The first kappa shape index (κ1) is 15.7. The van der Waals surface area contributed by atoms with Crippen LogP contribution >= 0.6 is 0 Å². The molecular weight excluding hydrogens is 284 g/mol. The highest BCUT2D eigenvalue weighted by atomic mass is 16.4. The van der Waals surface area contributed by atoms with Gasteiger partial charge in [-0.05, 0) is 32.4 Å². The van der Waals surface area contributed by atoms with E-state index in [-0.39, 0.29) is 12.3 Å². The number of rotatable bonds is 6. The van der Waals surface area contributed by atoms with Crippen molar-refractivity contribution in [3.63, 3.8) is 0 Å². The van der Waals surface area contributed by atoms with Crippen molar-refractivity contribution in [3.8, 4) is 5.82 Å². The van der Waals surface area contributed by atoms with E-state index in [1.54, 1.807) is 49.3 Å². The highest BCUT2D eigenvalue weighted by Crippen LogP contribution is 2.13. The van der Waals surface area contributed by atoms with Crippen LogP contribution in [0.5, 0.6) is 0 Å². The Kier molecular flexibility index (Phi) is 4.55. The Bertz CT molecular complexity index is 648. The van der Waals surface area contributed by atoms with Crippen LogP contribution < -0.4 is 5.32 Å². The molecule has 2 rings (SSSR count). The molecule has 7 heteroatoms. The van der Waals surface area contributed by atoms with Gasteiger partial charge in [0, 0.05) is 30.6 Å². The molecule has 116 valence electrons. The minimum Gasteiger partial charge on any atom is -0.481 e. The van der Waals surface area contributed by atoms with Crippen LogP contribution in [-0.2, 0) is 4.79 Å². The number of carboxylic acids is 1. The lowest BCUT2D eigenvalue weighted by atomic mass is 9.98. The highest BCUT2D eigenvalue weighted by molar-refractivity contribution is 5.94. The second-order valence-corrected chi connectivity index (χ2v) is 5.61. The summed E-state index contributed by atoms with van der Waals surface area (Å²) < 4.78 is 1.73. The number of hydrogen-bond donors (Lipinski definition) is 2. The fourth-order valence-corrected chi connectivity index (χ4v) is 1.93. The van der Waals surface area contributed by atoms with Gasteiger partial charge in [0.25, 0.3) is 5.91 Å². The van der Waals surface area contributed by atoms with E-state index in [9.17, 15) is 9.59 Å². The van der Waals surface area contributed by atoms with Gasteiger partial charge in [-0.2, -0.15) is 0 Å². The van der Waals surface area contributed by atoms with Crippen LogP contribution in [0.15, 0.2) is 37.1 Å². The summed E-state index contributed by atoms with van der Waals surface area (Å²) in [6.07, 6.45) is 6.87. The van der Waals surface area contributed by atoms with E-state index in [0.717, 1.165) is 0 Å². The number of nitrogens with zero attached hydrogens (tertiary/aromatic N) is 3. The van der Waals surface area contributed by atoms with Gasteiger partial charge in [0.05, 0.1) is 5.56 Å². The second-order valence-electron chi connectivity index (χ2n) is 5.61. The Morgan fingerprint density at radius 3 is 2.68 bits per heavy atom. The lowest BCUT2D eigenvalue weighted by Gasteiger charge is -2.25. The summed E-state index contributed by atoms with van der Waals surface area (Å²) in [5.74, 6) is -0.493. The molecule has 2 N–H and O–H groups in total. The van der Waals surface area contributed by atoms with Crippen LogP contribution in [0.1, 0.15) is 37.0 Å². The maximum absolute atomic E-state index is 12.2. The molecule has 0 aromatic carbocycles. The van der Waals surface area contributed by atoms with Gasteiger partial charge in [0.1, 0.15) is 12.1 Å². The fourth-order valence-electron chi connectivity index (χ4n) is 1.93. The first-order chi connectivity index (χ1) is 10.4. The quantitative estimate of drug-likeness (QED) is 0.845. The lowest BCUT2D eigenvalue weighted by molar-refractivity contribution is -0.137. The van der Waals surface area contributed by atoms with Gasteiger partial charge >= 0.3 is 5.97 Å². The number of carbonyl (C=O) groups is 2. The molecule has 0 saturated heterocycles. The van der Waals surface area contributed by atoms with Gasteiger partial charge < -0.3 is 10.4 Å². The van der Waals surface area contributed by atoms with Crippen molar-refractivity contribution in [3.05, 3.63) is 42.6 Å². The maximum atomic E-state index is 12.2. The summed E-state index contributed by atoms with van der Waals surface area (Å²) >= 11 is 0. The molecule has 0 atom stereocenters. The van der Waals surface area contributed by atoms with E-state index in [1.165, 1.54) is 6.20 Å². The Morgan fingerprint density at radius 2 is 2.14 bits per heavy atom. The van der Waals surface area contributed by atoms with Crippen LogP contribution in [0.25, 0.3) is 5.82 Å². The first-order valence-electron chi connectivity index (χ1n) is 6.86. The Labute approximate surface area is 128 Å². The third-order valence-corrected chi connectivity index (χ3v) is 3.19. The summed E-state index contributed by atoms with van der Waals surface area (Å²) in [5.41, 5.74) is -0.175. The number of carbonyl (C=O) groups excluding carboxylic acids is 1. The normalized spacial score (nSPS) is 11.2. The average Bonchev–Trinajstić information content (AvgIpc) is 2.99. The van der Waals surface area contributed by atoms with Crippen molar-refractivity contribution in [2.24, 2.45) is 0 Å². The van der Waals surface area contributed by atoms with E-state index in [2.05, 4.69) is 15.3 Å². The average molecular weight is 302 g/mol. The number of nitrogens with one attached hydrogen (secondary N) is 1.